The summed E-state index contributed by atoms with van der Waals surface area (Å²) in [5, 5.41) is 6.56. The van der Waals surface area contributed by atoms with E-state index in [1.54, 1.807) is 6.26 Å². The summed E-state index contributed by atoms with van der Waals surface area (Å²) in [4.78, 5) is 4.51. The van der Waals surface area contributed by atoms with E-state index >= 15 is 0 Å². The molecule has 2 heterocycles. The number of benzene rings is 1. The highest BCUT2D eigenvalue weighted by molar-refractivity contribution is 5.79. The highest BCUT2D eigenvalue weighted by Crippen LogP contribution is 2.27. The number of aliphatic imine (C=N–C) groups is 1. The van der Waals surface area contributed by atoms with Gasteiger partial charge in [0.05, 0.1) is 12.8 Å². The number of para-hydroxylation sites is 1. The number of rotatable bonds is 5. The highest BCUT2D eigenvalue weighted by atomic mass is 16.5. The molecule has 3 rings (SSSR count). The fraction of sp³-hybridized carbons (Fsp3) is 0.353. The van der Waals surface area contributed by atoms with Crippen LogP contribution in [0.15, 0.2) is 52.1 Å². The molecule has 1 aliphatic rings. The second-order valence-electron chi connectivity index (χ2n) is 5.21. The minimum atomic E-state index is 0.143. The standard InChI is InChI=1S/C17H21N3O2/c1-2-18-17(19-11-14-7-5-9-21-14)20-12-15-10-13-6-3-4-8-16(13)22-15/h3-9,15H,2,10-12H2,1H3,(H2,18,19,20). The summed E-state index contributed by atoms with van der Waals surface area (Å²) < 4.78 is 11.2. The lowest BCUT2D eigenvalue weighted by atomic mass is 10.1. The molecule has 0 fully saturated rings. The van der Waals surface area contributed by atoms with Crippen LogP contribution in [0.4, 0.5) is 0 Å². The molecule has 1 aromatic carbocycles. The van der Waals surface area contributed by atoms with Gasteiger partial charge in [-0.1, -0.05) is 18.2 Å². The van der Waals surface area contributed by atoms with Crippen LogP contribution in [0.5, 0.6) is 5.75 Å². The van der Waals surface area contributed by atoms with Crippen LogP contribution in [-0.4, -0.2) is 25.2 Å². The zero-order valence-corrected chi connectivity index (χ0v) is 12.7. The molecule has 116 valence electrons. The first-order chi connectivity index (χ1) is 10.8. The molecule has 0 radical (unpaired) electrons. The summed E-state index contributed by atoms with van der Waals surface area (Å²) in [6, 6.07) is 12.0. The molecule has 1 aromatic heterocycles. The Labute approximate surface area is 130 Å². The first kappa shape index (κ1) is 14.5. The first-order valence-electron chi connectivity index (χ1n) is 7.64. The van der Waals surface area contributed by atoms with Gasteiger partial charge in [0.15, 0.2) is 5.96 Å². The molecule has 0 saturated carbocycles. The Bertz CT molecular complexity index is 598. The summed E-state index contributed by atoms with van der Waals surface area (Å²) >= 11 is 0. The smallest absolute Gasteiger partial charge is 0.191 e. The molecule has 5 nitrogen and oxygen atoms in total. The third-order valence-electron chi connectivity index (χ3n) is 3.53. The van der Waals surface area contributed by atoms with Crippen LogP contribution in [0.25, 0.3) is 0 Å². The summed E-state index contributed by atoms with van der Waals surface area (Å²) in [6.45, 7) is 4.11. The van der Waals surface area contributed by atoms with Crippen molar-refractivity contribution in [3.05, 3.63) is 54.0 Å². The predicted molar refractivity (Wildman–Crippen MR) is 86.1 cm³/mol. The van der Waals surface area contributed by atoms with Gasteiger partial charge in [-0.15, -0.1) is 0 Å². The maximum Gasteiger partial charge on any atom is 0.191 e. The van der Waals surface area contributed by atoms with Crippen LogP contribution in [0.3, 0.4) is 0 Å². The van der Waals surface area contributed by atoms with Crippen LogP contribution in [0.2, 0.25) is 0 Å². The fourth-order valence-corrected chi connectivity index (χ4v) is 2.48. The van der Waals surface area contributed by atoms with Gasteiger partial charge in [-0.3, -0.25) is 0 Å². The number of furan rings is 1. The second-order valence-corrected chi connectivity index (χ2v) is 5.21. The van der Waals surface area contributed by atoms with E-state index in [4.69, 9.17) is 9.15 Å². The van der Waals surface area contributed by atoms with Crippen molar-refractivity contribution in [1.29, 1.82) is 0 Å². The van der Waals surface area contributed by atoms with Gasteiger partial charge in [0.1, 0.15) is 24.2 Å². The molecule has 0 spiro atoms. The van der Waals surface area contributed by atoms with Gasteiger partial charge in [0.25, 0.3) is 0 Å². The fourth-order valence-electron chi connectivity index (χ4n) is 2.48. The minimum absolute atomic E-state index is 0.143. The molecule has 1 atom stereocenters. The number of hydrogen-bond donors (Lipinski definition) is 2. The van der Waals surface area contributed by atoms with Gasteiger partial charge in [-0.05, 0) is 30.7 Å². The lowest BCUT2D eigenvalue weighted by Gasteiger charge is -2.15. The van der Waals surface area contributed by atoms with E-state index in [1.807, 2.05) is 37.3 Å². The summed E-state index contributed by atoms with van der Waals surface area (Å²) in [7, 11) is 0. The Morgan fingerprint density at radius 2 is 2.14 bits per heavy atom. The minimum Gasteiger partial charge on any atom is -0.488 e. The molecule has 0 aliphatic carbocycles. The molecule has 2 N–H and O–H groups in total. The first-order valence-corrected chi connectivity index (χ1v) is 7.64. The van der Waals surface area contributed by atoms with Gasteiger partial charge in [-0.2, -0.15) is 0 Å². The van der Waals surface area contributed by atoms with Crippen molar-refractivity contribution < 1.29 is 9.15 Å². The normalized spacial score (nSPS) is 17.0. The van der Waals surface area contributed by atoms with Crippen molar-refractivity contribution in [2.24, 2.45) is 4.99 Å². The molecule has 1 unspecified atom stereocenters. The van der Waals surface area contributed by atoms with Crippen LogP contribution >= 0.6 is 0 Å². The quantitative estimate of drug-likeness (QED) is 0.657. The van der Waals surface area contributed by atoms with E-state index in [0.29, 0.717) is 6.54 Å². The number of nitrogens with one attached hydrogen (secondary N) is 2. The molecule has 2 aromatic rings. The summed E-state index contributed by atoms with van der Waals surface area (Å²) in [6.07, 6.45) is 2.74. The Hall–Kier alpha value is -2.43. The number of ether oxygens (including phenoxy) is 1. The van der Waals surface area contributed by atoms with Gasteiger partial charge >= 0.3 is 0 Å². The molecule has 0 saturated heterocycles. The number of nitrogens with zero attached hydrogens (tertiary/aromatic N) is 1. The van der Waals surface area contributed by atoms with Crippen molar-refractivity contribution in [2.45, 2.75) is 26.0 Å². The van der Waals surface area contributed by atoms with Crippen molar-refractivity contribution in [2.75, 3.05) is 13.1 Å². The maximum atomic E-state index is 5.92. The van der Waals surface area contributed by atoms with Crippen LogP contribution in [-0.2, 0) is 13.0 Å². The third-order valence-corrected chi connectivity index (χ3v) is 3.53. The second kappa shape index (κ2) is 7.02. The van der Waals surface area contributed by atoms with Gasteiger partial charge in [-0.25, -0.2) is 4.99 Å². The van der Waals surface area contributed by atoms with E-state index < -0.39 is 0 Å². The summed E-state index contributed by atoms with van der Waals surface area (Å²) in [5.74, 6) is 2.62. The summed E-state index contributed by atoms with van der Waals surface area (Å²) in [5.41, 5.74) is 1.27. The van der Waals surface area contributed by atoms with Crippen molar-refractivity contribution in [3.8, 4) is 5.75 Å². The molecular weight excluding hydrogens is 278 g/mol. The highest BCUT2D eigenvalue weighted by Gasteiger charge is 2.22. The molecular formula is C17H21N3O2. The van der Waals surface area contributed by atoms with E-state index in [9.17, 15) is 0 Å². The predicted octanol–water partition coefficient (Wildman–Crippen LogP) is 2.34. The number of guanidine groups is 1. The molecule has 22 heavy (non-hydrogen) atoms. The van der Waals surface area contributed by atoms with E-state index in [2.05, 4.69) is 21.7 Å². The average molecular weight is 299 g/mol. The third kappa shape index (κ3) is 3.61. The maximum absolute atomic E-state index is 5.92. The van der Waals surface area contributed by atoms with Crippen LogP contribution in [0.1, 0.15) is 18.2 Å². The molecule has 5 heteroatoms. The Morgan fingerprint density at radius 1 is 1.23 bits per heavy atom. The van der Waals surface area contributed by atoms with Crippen LogP contribution in [0, 0.1) is 0 Å². The van der Waals surface area contributed by atoms with E-state index in [1.165, 1.54) is 5.56 Å². The van der Waals surface area contributed by atoms with Gasteiger partial charge in [0, 0.05) is 13.0 Å². The topological polar surface area (TPSA) is 58.8 Å². The van der Waals surface area contributed by atoms with E-state index in [-0.39, 0.29) is 6.10 Å². The van der Waals surface area contributed by atoms with Crippen molar-refractivity contribution in [1.82, 2.24) is 10.6 Å². The van der Waals surface area contributed by atoms with Crippen molar-refractivity contribution >= 4 is 5.96 Å². The van der Waals surface area contributed by atoms with Crippen molar-refractivity contribution in [3.63, 3.8) is 0 Å². The SMILES string of the molecule is CCNC(=NCc1ccco1)NCC1Cc2ccccc2O1. The zero-order valence-electron chi connectivity index (χ0n) is 12.7. The zero-order chi connectivity index (χ0) is 15.2. The monoisotopic (exact) mass is 299 g/mol. The van der Waals surface area contributed by atoms with Crippen LogP contribution < -0.4 is 15.4 Å². The number of hydrogen-bond acceptors (Lipinski definition) is 3. The molecule has 0 amide bonds. The van der Waals surface area contributed by atoms with Gasteiger partial charge < -0.3 is 19.8 Å². The largest absolute Gasteiger partial charge is 0.488 e. The lowest BCUT2D eigenvalue weighted by molar-refractivity contribution is 0.235. The molecule has 0 bridgehead atoms. The van der Waals surface area contributed by atoms with Gasteiger partial charge in [0.2, 0.25) is 0 Å². The lowest BCUT2D eigenvalue weighted by Crippen LogP contribution is -2.42. The Morgan fingerprint density at radius 3 is 2.91 bits per heavy atom. The number of fused-ring (bicyclic) bond motifs is 1. The average Bonchev–Trinajstić information content (AvgIpc) is 3.18. The molecule has 1 aliphatic heterocycles. The Kier molecular flexibility index (Phi) is 4.63. The van der Waals surface area contributed by atoms with E-state index in [0.717, 1.165) is 37.0 Å². The Balaban J connectivity index is 1.53.